The largest absolute Gasteiger partial charge is 0.367 e. The monoisotopic (exact) mass is 272 g/mol. The van der Waals surface area contributed by atoms with Crippen molar-refractivity contribution in [1.82, 2.24) is 9.55 Å². The van der Waals surface area contributed by atoms with Crippen LogP contribution in [0.25, 0.3) is 11.0 Å². The minimum atomic E-state index is -0.171. The van der Waals surface area contributed by atoms with Gasteiger partial charge in [-0.3, -0.25) is 0 Å². The summed E-state index contributed by atoms with van der Waals surface area (Å²) in [6.07, 6.45) is 2.99. The van der Waals surface area contributed by atoms with E-state index in [2.05, 4.69) is 63.2 Å². The fraction of sp³-hybridized carbons (Fsp3) is 0.588. The van der Waals surface area contributed by atoms with Gasteiger partial charge in [0.15, 0.2) is 0 Å². The summed E-state index contributed by atoms with van der Waals surface area (Å²) >= 11 is 0. The van der Waals surface area contributed by atoms with Crippen molar-refractivity contribution >= 4 is 11.0 Å². The Morgan fingerprint density at radius 3 is 2.40 bits per heavy atom. The molecular formula is C17H24N2O. The molecule has 1 aromatic heterocycles. The molecule has 0 bridgehead atoms. The quantitative estimate of drug-likeness (QED) is 0.779. The number of aromatic nitrogens is 2. The van der Waals surface area contributed by atoms with Crippen molar-refractivity contribution in [3.05, 3.63) is 29.6 Å². The van der Waals surface area contributed by atoms with Crippen LogP contribution in [0.4, 0.5) is 0 Å². The lowest BCUT2D eigenvalue weighted by molar-refractivity contribution is -0.0726. The molecule has 0 saturated carbocycles. The Balaban J connectivity index is 2.13. The molecule has 108 valence electrons. The maximum atomic E-state index is 6.23. The van der Waals surface area contributed by atoms with Gasteiger partial charge in [-0.1, -0.05) is 0 Å². The van der Waals surface area contributed by atoms with Crippen LogP contribution in [0.5, 0.6) is 0 Å². The normalized spacial score (nSPS) is 24.4. The van der Waals surface area contributed by atoms with Crippen LogP contribution in [-0.4, -0.2) is 20.8 Å². The van der Waals surface area contributed by atoms with E-state index in [0.29, 0.717) is 6.04 Å². The Morgan fingerprint density at radius 1 is 1.15 bits per heavy atom. The van der Waals surface area contributed by atoms with Crippen LogP contribution in [0.15, 0.2) is 18.5 Å². The highest BCUT2D eigenvalue weighted by Gasteiger charge is 2.47. The smallest absolute Gasteiger partial charge is 0.0961 e. The number of hydrogen-bond donors (Lipinski definition) is 0. The van der Waals surface area contributed by atoms with Gasteiger partial charge in [-0.2, -0.15) is 0 Å². The first-order valence-electron chi connectivity index (χ1n) is 7.34. The van der Waals surface area contributed by atoms with Crippen LogP contribution < -0.4 is 0 Å². The summed E-state index contributed by atoms with van der Waals surface area (Å²) in [6.45, 7) is 13.0. The zero-order chi connectivity index (χ0) is 14.7. The minimum absolute atomic E-state index is 0.0789. The molecule has 0 spiro atoms. The Bertz CT molecular complexity index is 667. The zero-order valence-corrected chi connectivity index (χ0v) is 13.3. The maximum Gasteiger partial charge on any atom is 0.0961 e. The van der Waals surface area contributed by atoms with Crippen LogP contribution in [-0.2, 0) is 4.74 Å². The summed E-state index contributed by atoms with van der Waals surface area (Å²) in [6, 6.07) is 4.75. The Labute approximate surface area is 121 Å². The van der Waals surface area contributed by atoms with E-state index in [1.165, 1.54) is 16.6 Å². The fourth-order valence-electron chi connectivity index (χ4n) is 3.50. The highest BCUT2D eigenvalue weighted by Crippen LogP contribution is 2.45. The van der Waals surface area contributed by atoms with Crippen LogP contribution in [0, 0.1) is 13.8 Å². The SMILES string of the molecule is Cc1cc2ncn(C3CC(C)(C)OC3(C)C)c2cc1C. The van der Waals surface area contributed by atoms with Crippen molar-refractivity contribution in [3.63, 3.8) is 0 Å². The van der Waals surface area contributed by atoms with Crippen LogP contribution >= 0.6 is 0 Å². The van der Waals surface area contributed by atoms with Gasteiger partial charge in [0.05, 0.1) is 34.6 Å². The fourth-order valence-corrected chi connectivity index (χ4v) is 3.50. The average molecular weight is 272 g/mol. The van der Waals surface area contributed by atoms with Crippen LogP contribution in [0.1, 0.15) is 51.3 Å². The van der Waals surface area contributed by atoms with Gasteiger partial charge in [-0.05, 0) is 71.2 Å². The molecule has 3 rings (SSSR count). The topological polar surface area (TPSA) is 27.1 Å². The Morgan fingerprint density at radius 2 is 1.80 bits per heavy atom. The first-order chi connectivity index (χ1) is 9.20. The Kier molecular flexibility index (Phi) is 2.78. The molecule has 1 aliphatic rings. The van der Waals surface area contributed by atoms with Gasteiger partial charge in [0, 0.05) is 0 Å². The molecule has 1 unspecified atom stereocenters. The van der Waals surface area contributed by atoms with E-state index in [-0.39, 0.29) is 11.2 Å². The molecule has 1 aromatic carbocycles. The summed E-state index contributed by atoms with van der Waals surface area (Å²) in [5.74, 6) is 0. The standard InChI is InChI=1S/C17H24N2O/c1-11-7-13-14(8-12(11)2)19(10-18-13)15-9-16(3,4)20-17(15,5)6/h7-8,10,15H,9H2,1-6H3. The van der Waals surface area contributed by atoms with Crippen molar-refractivity contribution < 1.29 is 4.74 Å². The number of benzene rings is 1. The van der Waals surface area contributed by atoms with E-state index in [1.54, 1.807) is 0 Å². The zero-order valence-electron chi connectivity index (χ0n) is 13.3. The van der Waals surface area contributed by atoms with Crippen LogP contribution in [0.3, 0.4) is 0 Å². The molecule has 0 radical (unpaired) electrons. The lowest BCUT2D eigenvalue weighted by Crippen LogP contribution is -2.30. The van der Waals surface area contributed by atoms with Crippen LogP contribution in [0.2, 0.25) is 0 Å². The molecule has 0 N–H and O–H groups in total. The van der Waals surface area contributed by atoms with E-state index in [1.807, 2.05) is 6.33 Å². The van der Waals surface area contributed by atoms with Crippen molar-refractivity contribution in [2.75, 3.05) is 0 Å². The molecule has 1 aliphatic heterocycles. The van der Waals surface area contributed by atoms with Gasteiger partial charge in [-0.15, -0.1) is 0 Å². The molecular weight excluding hydrogens is 248 g/mol. The van der Waals surface area contributed by atoms with Gasteiger partial charge in [-0.25, -0.2) is 4.98 Å². The van der Waals surface area contributed by atoms with Gasteiger partial charge >= 0.3 is 0 Å². The second-order valence-electron chi connectivity index (χ2n) is 7.26. The molecule has 2 heterocycles. The van der Waals surface area contributed by atoms with Gasteiger partial charge in [0.25, 0.3) is 0 Å². The molecule has 3 heteroatoms. The summed E-state index contributed by atoms with van der Waals surface area (Å²) < 4.78 is 8.53. The number of ether oxygens (including phenoxy) is 1. The number of fused-ring (bicyclic) bond motifs is 1. The third-order valence-corrected chi connectivity index (χ3v) is 4.55. The lowest BCUT2D eigenvalue weighted by Gasteiger charge is -2.28. The first kappa shape index (κ1) is 13.6. The van der Waals surface area contributed by atoms with E-state index < -0.39 is 0 Å². The molecule has 0 amide bonds. The predicted octanol–water partition coefficient (Wildman–Crippen LogP) is 4.17. The highest BCUT2D eigenvalue weighted by molar-refractivity contribution is 5.77. The summed E-state index contributed by atoms with van der Waals surface area (Å²) in [7, 11) is 0. The van der Waals surface area contributed by atoms with E-state index in [9.17, 15) is 0 Å². The summed E-state index contributed by atoms with van der Waals surface area (Å²) in [4.78, 5) is 4.59. The van der Waals surface area contributed by atoms with Gasteiger partial charge < -0.3 is 9.30 Å². The van der Waals surface area contributed by atoms with E-state index in [4.69, 9.17) is 4.74 Å². The highest BCUT2D eigenvalue weighted by atomic mass is 16.5. The van der Waals surface area contributed by atoms with Crippen molar-refractivity contribution in [2.45, 2.75) is 65.2 Å². The van der Waals surface area contributed by atoms with Crippen molar-refractivity contribution in [3.8, 4) is 0 Å². The second kappa shape index (κ2) is 4.08. The summed E-state index contributed by atoms with van der Waals surface area (Å²) in [5.41, 5.74) is 4.65. The second-order valence-corrected chi connectivity index (χ2v) is 7.26. The van der Waals surface area contributed by atoms with Gasteiger partial charge in [0.1, 0.15) is 0 Å². The van der Waals surface area contributed by atoms with Crippen molar-refractivity contribution in [2.24, 2.45) is 0 Å². The molecule has 0 aliphatic carbocycles. The lowest BCUT2D eigenvalue weighted by atomic mass is 9.94. The van der Waals surface area contributed by atoms with E-state index in [0.717, 1.165) is 11.9 Å². The molecule has 20 heavy (non-hydrogen) atoms. The van der Waals surface area contributed by atoms with E-state index >= 15 is 0 Å². The van der Waals surface area contributed by atoms with Crippen molar-refractivity contribution in [1.29, 1.82) is 0 Å². The third kappa shape index (κ3) is 2.05. The molecule has 3 nitrogen and oxygen atoms in total. The number of hydrogen-bond acceptors (Lipinski definition) is 2. The molecule has 1 saturated heterocycles. The minimum Gasteiger partial charge on any atom is -0.367 e. The molecule has 1 fully saturated rings. The molecule has 2 aromatic rings. The average Bonchev–Trinajstić information content (AvgIpc) is 2.77. The number of nitrogens with zero attached hydrogens (tertiary/aromatic N) is 2. The Hall–Kier alpha value is -1.35. The number of rotatable bonds is 1. The number of aryl methyl sites for hydroxylation is 2. The number of imidazole rings is 1. The molecule has 1 atom stereocenters. The predicted molar refractivity (Wildman–Crippen MR) is 82.1 cm³/mol. The van der Waals surface area contributed by atoms with Gasteiger partial charge in [0.2, 0.25) is 0 Å². The summed E-state index contributed by atoms with van der Waals surface area (Å²) in [5, 5.41) is 0. The maximum absolute atomic E-state index is 6.23. The first-order valence-corrected chi connectivity index (χ1v) is 7.34. The third-order valence-electron chi connectivity index (χ3n) is 4.55.